The molecule has 2 aromatic rings. The lowest BCUT2D eigenvalue weighted by atomic mass is 10.0. The van der Waals surface area contributed by atoms with Crippen molar-refractivity contribution in [1.82, 2.24) is 4.90 Å². The summed E-state index contributed by atoms with van der Waals surface area (Å²) < 4.78 is 9.86. The van der Waals surface area contributed by atoms with Gasteiger partial charge in [-0.1, -0.05) is 12.1 Å². The van der Waals surface area contributed by atoms with Crippen LogP contribution in [0.1, 0.15) is 35.4 Å². The zero-order chi connectivity index (χ0) is 19.2. The molecule has 1 aliphatic rings. The van der Waals surface area contributed by atoms with Gasteiger partial charge in [-0.25, -0.2) is 0 Å². The Morgan fingerprint density at radius 1 is 1.22 bits per heavy atom. The SMILES string of the molecule is COC(=O)Cc1cccc(NC(=O)[C@@H]2CCCCN2C(=O)c2ccco2)c1. The number of esters is 1. The van der Waals surface area contributed by atoms with E-state index >= 15 is 0 Å². The summed E-state index contributed by atoms with van der Waals surface area (Å²) in [5.41, 5.74) is 1.32. The van der Waals surface area contributed by atoms with Crippen molar-refractivity contribution in [2.45, 2.75) is 31.7 Å². The van der Waals surface area contributed by atoms with Crippen LogP contribution in [0.25, 0.3) is 0 Å². The summed E-state index contributed by atoms with van der Waals surface area (Å²) in [6.07, 6.45) is 3.90. The van der Waals surface area contributed by atoms with Crippen LogP contribution in [0.3, 0.4) is 0 Å². The highest BCUT2D eigenvalue weighted by molar-refractivity contribution is 6.00. The molecular formula is C20H22N2O5. The van der Waals surface area contributed by atoms with Crippen LogP contribution in [0.4, 0.5) is 5.69 Å². The Balaban J connectivity index is 1.71. The van der Waals surface area contributed by atoms with E-state index in [4.69, 9.17) is 4.42 Å². The summed E-state index contributed by atoms with van der Waals surface area (Å²) in [6, 6.07) is 9.73. The third-order valence-corrected chi connectivity index (χ3v) is 4.57. The van der Waals surface area contributed by atoms with E-state index in [9.17, 15) is 14.4 Å². The van der Waals surface area contributed by atoms with Crippen molar-refractivity contribution >= 4 is 23.5 Å². The number of rotatable bonds is 5. The van der Waals surface area contributed by atoms with E-state index in [1.54, 1.807) is 41.3 Å². The van der Waals surface area contributed by atoms with Crippen LogP contribution in [-0.4, -0.2) is 42.4 Å². The van der Waals surface area contributed by atoms with Crippen molar-refractivity contribution in [2.75, 3.05) is 19.0 Å². The topological polar surface area (TPSA) is 88.9 Å². The first-order chi connectivity index (χ1) is 13.1. The van der Waals surface area contributed by atoms with E-state index in [0.717, 1.165) is 18.4 Å². The highest BCUT2D eigenvalue weighted by atomic mass is 16.5. The fourth-order valence-corrected chi connectivity index (χ4v) is 3.21. The molecule has 1 fully saturated rings. The number of hydrogen-bond acceptors (Lipinski definition) is 5. The van der Waals surface area contributed by atoms with E-state index in [1.807, 2.05) is 0 Å². The van der Waals surface area contributed by atoms with Gasteiger partial charge in [0.25, 0.3) is 5.91 Å². The van der Waals surface area contributed by atoms with Crippen LogP contribution in [-0.2, 0) is 20.7 Å². The molecule has 1 N–H and O–H groups in total. The molecule has 1 aromatic heterocycles. The van der Waals surface area contributed by atoms with Crippen LogP contribution in [0, 0.1) is 0 Å². The molecule has 2 heterocycles. The molecule has 3 rings (SSSR count). The lowest BCUT2D eigenvalue weighted by Gasteiger charge is -2.34. The molecule has 1 atom stereocenters. The van der Waals surface area contributed by atoms with Gasteiger partial charge in [0.2, 0.25) is 5.91 Å². The number of piperidine rings is 1. The van der Waals surface area contributed by atoms with Crippen molar-refractivity contribution in [3.05, 3.63) is 54.0 Å². The number of amides is 2. The number of hydrogen-bond donors (Lipinski definition) is 1. The molecule has 27 heavy (non-hydrogen) atoms. The van der Waals surface area contributed by atoms with Gasteiger partial charge in [0.05, 0.1) is 19.8 Å². The van der Waals surface area contributed by atoms with Crippen molar-refractivity contribution in [3.63, 3.8) is 0 Å². The summed E-state index contributed by atoms with van der Waals surface area (Å²) in [6.45, 7) is 0.514. The van der Waals surface area contributed by atoms with Gasteiger partial charge in [-0.05, 0) is 49.1 Å². The third kappa shape index (κ3) is 4.55. The van der Waals surface area contributed by atoms with E-state index in [1.165, 1.54) is 13.4 Å². The Hall–Kier alpha value is -3.09. The molecule has 142 valence electrons. The quantitative estimate of drug-likeness (QED) is 0.818. The number of nitrogens with zero attached hydrogens (tertiary/aromatic N) is 1. The fraction of sp³-hybridized carbons (Fsp3) is 0.350. The highest BCUT2D eigenvalue weighted by Crippen LogP contribution is 2.22. The second-order valence-corrected chi connectivity index (χ2v) is 6.43. The van der Waals surface area contributed by atoms with E-state index in [2.05, 4.69) is 10.1 Å². The van der Waals surface area contributed by atoms with Gasteiger partial charge in [-0.2, -0.15) is 0 Å². The molecule has 1 aromatic carbocycles. The number of anilines is 1. The molecule has 7 heteroatoms. The third-order valence-electron chi connectivity index (χ3n) is 4.57. The van der Waals surface area contributed by atoms with Gasteiger partial charge in [-0.15, -0.1) is 0 Å². The second kappa shape index (κ2) is 8.53. The van der Waals surface area contributed by atoms with Gasteiger partial charge in [0, 0.05) is 12.2 Å². The minimum atomic E-state index is -0.555. The maximum Gasteiger partial charge on any atom is 0.309 e. The molecule has 1 saturated heterocycles. The minimum Gasteiger partial charge on any atom is -0.469 e. The lowest BCUT2D eigenvalue weighted by molar-refractivity contribution is -0.139. The standard InChI is InChI=1S/C20H22N2O5/c1-26-18(23)13-14-6-4-7-15(12-14)21-19(24)16-8-2-3-10-22(16)20(25)17-9-5-11-27-17/h4-7,9,11-12,16H,2-3,8,10,13H2,1H3,(H,21,24)/t16-/m0/s1. The van der Waals surface area contributed by atoms with E-state index in [0.29, 0.717) is 18.7 Å². The highest BCUT2D eigenvalue weighted by Gasteiger charge is 2.33. The van der Waals surface area contributed by atoms with Crippen LogP contribution < -0.4 is 5.32 Å². The Morgan fingerprint density at radius 3 is 2.81 bits per heavy atom. The lowest BCUT2D eigenvalue weighted by Crippen LogP contribution is -2.49. The maximum absolute atomic E-state index is 12.8. The Kier molecular flexibility index (Phi) is 5.90. The van der Waals surface area contributed by atoms with Gasteiger partial charge >= 0.3 is 5.97 Å². The summed E-state index contributed by atoms with van der Waals surface area (Å²) in [4.78, 5) is 38.4. The Bertz CT molecular complexity index is 816. The predicted molar refractivity (Wildman–Crippen MR) is 98.2 cm³/mol. The monoisotopic (exact) mass is 370 g/mol. The normalized spacial score (nSPS) is 16.6. The van der Waals surface area contributed by atoms with Crippen molar-refractivity contribution in [3.8, 4) is 0 Å². The van der Waals surface area contributed by atoms with Crippen molar-refractivity contribution in [1.29, 1.82) is 0 Å². The molecular weight excluding hydrogens is 348 g/mol. The molecule has 0 unspecified atom stereocenters. The predicted octanol–water partition coefficient (Wildman–Crippen LogP) is 2.63. The molecule has 0 aliphatic carbocycles. The van der Waals surface area contributed by atoms with Crippen LogP contribution in [0.5, 0.6) is 0 Å². The number of carbonyl (C=O) groups excluding carboxylic acids is 3. The zero-order valence-electron chi connectivity index (χ0n) is 15.1. The first-order valence-electron chi connectivity index (χ1n) is 8.89. The number of furan rings is 1. The maximum atomic E-state index is 12.8. The van der Waals surface area contributed by atoms with Crippen LogP contribution in [0.15, 0.2) is 47.1 Å². The summed E-state index contributed by atoms with van der Waals surface area (Å²) in [5, 5.41) is 2.86. The number of carbonyl (C=O) groups is 3. The summed E-state index contributed by atoms with van der Waals surface area (Å²) in [7, 11) is 1.33. The average Bonchev–Trinajstić information content (AvgIpc) is 3.22. The second-order valence-electron chi connectivity index (χ2n) is 6.43. The summed E-state index contributed by atoms with van der Waals surface area (Å²) >= 11 is 0. The summed E-state index contributed by atoms with van der Waals surface area (Å²) in [5.74, 6) is -0.639. The van der Waals surface area contributed by atoms with E-state index < -0.39 is 6.04 Å². The van der Waals surface area contributed by atoms with Crippen molar-refractivity contribution < 1.29 is 23.5 Å². The first-order valence-corrected chi connectivity index (χ1v) is 8.89. The first kappa shape index (κ1) is 18.7. The number of likely N-dealkylation sites (tertiary alicyclic amines) is 1. The minimum absolute atomic E-state index is 0.132. The van der Waals surface area contributed by atoms with Gasteiger partial charge in [0.1, 0.15) is 6.04 Å². The Morgan fingerprint density at radius 2 is 2.07 bits per heavy atom. The number of nitrogens with one attached hydrogen (secondary N) is 1. The van der Waals surface area contributed by atoms with Gasteiger partial charge in [-0.3, -0.25) is 14.4 Å². The average molecular weight is 370 g/mol. The van der Waals surface area contributed by atoms with Crippen LogP contribution in [0.2, 0.25) is 0 Å². The van der Waals surface area contributed by atoms with Gasteiger partial charge < -0.3 is 19.4 Å². The molecule has 0 saturated carbocycles. The van der Waals surface area contributed by atoms with Crippen molar-refractivity contribution in [2.24, 2.45) is 0 Å². The molecule has 0 bridgehead atoms. The van der Waals surface area contributed by atoms with Gasteiger partial charge in [0.15, 0.2) is 5.76 Å². The largest absolute Gasteiger partial charge is 0.469 e. The fourth-order valence-electron chi connectivity index (χ4n) is 3.21. The van der Waals surface area contributed by atoms with E-state index in [-0.39, 0.29) is 30.0 Å². The number of ether oxygens (including phenoxy) is 1. The number of benzene rings is 1. The Labute approximate surface area is 157 Å². The molecule has 7 nitrogen and oxygen atoms in total. The molecule has 0 spiro atoms. The smallest absolute Gasteiger partial charge is 0.309 e. The zero-order valence-corrected chi connectivity index (χ0v) is 15.1. The van der Waals surface area contributed by atoms with Crippen LogP contribution >= 0.6 is 0 Å². The number of methoxy groups -OCH3 is 1. The molecule has 0 radical (unpaired) electrons. The molecule has 2 amide bonds. The molecule has 1 aliphatic heterocycles.